The molecule has 0 spiro atoms. The van der Waals surface area contributed by atoms with Gasteiger partial charge in [0.2, 0.25) is 0 Å². The number of hydrogen-bond acceptors (Lipinski definition) is 4. The highest BCUT2D eigenvalue weighted by Gasteiger charge is 2.10. The summed E-state index contributed by atoms with van der Waals surface area (Å²) in [6, 6.07) is 9.85. The molecule has 0 saturated carbocycles. The summed E-state index contributed by atoms with van der Waals surface area (Å²) in [4.78, 5) is 12.0. The Morgan fingerprint density at radius 3 is 2.60 bits per heavy atom. The van der Waals surface area contributed by atoms with Gasteiger partial charge >= 0.3 is 0 Å². The van der Waals surface area contributed by atoms with Gasteiger partial charge in [0.25, 0.3) is 0 Å². The van der Waals surface area contributed by atoms with Crippen LogP contribution >= 0.6 is 0 Å². The van der Waals surface area contributed by atoms with Gasteiger partial charge in [0.1, 0.15) is 23.7 Å². The van der Waals surface area contributed by atoms with Crippen LogP contribution in [-0.4, -0.2) is 29.2 Å². The fraction of sp³-hybridized carbons (Fsp3) is 0.200. The second-order valence-corrected chi connectivity index (χ2v) is 4.40. The number of aromatic amines is 1. The van der Waals surface area contributed by atoms with Gasteiger partial charge in [0.05, 0.1) is 7.11 Å². The van der Waals surface area contributed by atoms with Crippen molar-refractivity contribution in [2.45, 2.75) is 6.61 Å². The topological polar surface area (TPSA) is 60.0 Å². The third-order valence-electron chi connectivity index (χ3n) is 3.12. The van der Waals surface area contributed by atoms with Gasteiger partial charge in [-0.1, -0.05) is 12.1 Å². The molecule has 3 aromatic rings. The first-order chi connectivity index (χ1) is 9.81. The number of hydrogen-bond donors (Lipinski definition) is 1. The summed E-state index contributed by atoms with van der Waals surface area (Å²) in [5.74, 6) is 1.61. The highest BCUT2D eigenvalue weighted by atomic mass is 16.5. The van der Waals surface area contributed by atoms with Crippen molar-refractivity contribution < 1.29 is 9.47 Å². The molecule has 20 heavy (non-hydrogen) atoms. The van der Waals surface area contributed by atoms with Crippen molar-refractivity contribution in [3.8, 4) is 16.9 Å². The van der Waals surface area contributed by atoms with E-state index in [1.54, 1.807) is 20.4 Å². The number of methoxy groups -OCH3 is 2. The number of H-pyrrole nitrogens is 1. The van der Waals surface area contributed by atoms with Crippen molar-refractivity contribution in [1.82, 2.24) is 15.0 Å². The Morgan fingerprint density at radius 2 is 1.90 bits per heavy atom. The van der Waals surface area contributed by atoms with E-state index in [-0.39, 0.29) is 0 Å². The summed E-state index contributed by atoms with van der Waals surface area (Å²) >= 11 is 0. The molecule has 102 valence electrons. The van der Waals surface area contributed by atoms with Gasteiger partial charge in [-0.3, -0.25) is 0 Å². The molecule has 5 nitrogen and oxygen atoms in total. The smallest absolute Gasteiger partial charge is 0.158 e. The first-order valence-electron chi connectivity index (χ1n) is 6.29. The van der Waals surface area contributed by atoms with Crippen molar-refractivity contribution in [1.29, 1.82) is 0 Å². The van der Waals surface area contributed by atoms with Crippen LogP contribution in [-0.2, 0) is 11.3 Å². The summed E-state index contributed by atoms with van der Waals surface area (Å²) in [5, 5.41) is 0. The van der Waals surface area contributed by atoms with E-state index < -0.39 is 0 Å². The Balaban J connectivity index is 2.09. The summed E-state index contributed by atoms with van der Waals surface area (Å²) in [6.07, 6.45) is 1.77. The van der Waals surface area contributed by atoms with E-state index >= 15 is 0 Å². The minimum atomic E-state index is 0.443. The summed E-state index contributed by atoms with van der Waals surface area (Å²) in [5.41, 5.74) is 3.74. The monoisotopic (exact) mass is 269 g/mol. The second-order valence-electron chi connectivity index (χ2n) is 4.40. The van der Waals surface area contributed by atoms with Gasteiger partial charge in [0.15, 0.2) is 5.65 Å². The van der Waals surface area contributed by atoms with Crippen molar-refractivity contribution in [3.63, 3.8) is 0 Å². The molecular formula is C15H15N3O2. The standard InChI is InChI=1S/C15H15N3O2/c1-19-9-13-17-14-12(7-8-16-15(14)18-13)10-3-5-11(20-2)6-4-10/h3-8H,9H2,1-2H3,(H,16,17,18). The molecule has 0 unspecified atom stereocenters. The van der Waals surface area contributed by atoms with Crippen LogP contribution in [0.4, 0.5) is 0 Å². The number of imidazole rings is 1. The quantitative estimate of drug-likeness (QED) is 0.791. The van der Waals surface area contributed by atoms with Crippen LogP contribution in [0.2, 0.25) is 0 Å². The average Bonchev–Trinajstić information content (AvgIpc) is 2.90. The molecule has 1 N–H and O–H groups in total. The molecule has 0 saturated heterocycles. The van der Waals surface area contributed by atoms with Gasteiger partial charge in [-0.05, 0) is 23.8 Å². The Hall–Kier alpha value is -2.40. The Morgan fingerprint density at radius 1 is 1.10 bits per heavy atom. The molecule has 0 atom stereocenters. The largest absolute Gasteiger partial charge is 0.497 e. The van der Waals surface area contributed by atoms with Gasteiger partial charge in [0, 0.05) is 18.9 Å². The molecule has 2 aromatic heterocycles. The summed E-state index contributed by atoms with van der Waals surface area (Å²) in [7, 11) is 3.30. The van der Waals surface area contributed by atoms with Crippen LogP contribution < -0.4 is 4.74 Å². The number of aromatic nitrogens is 3. The Kier molecular flexibility index (Phi) is 3.35. The molecule has 0 bridgehead atoms. The Labute approximate surface area is 116 Å². The van der Waals surface area contributed by atoms with Crippen LogP contribution in [0.15, 0.2) is 36.5 Å². The highest BCUT2D eigenvalue weighted by Crippen LogP contribution is 2.27. The van der Waals surface area contributed by atoms with Gasteiger partial charge in [-0.25, -0.2) is 9.97 Å². The highest BCUT2D eigenvalue weighted by molar-refractivity contribution is 5.89. The minimum Gasteiger partial charge on any atom is -0.497 e. The SMILES string of the molecule is COCc1nc2c(-c3ccc(OC)cc3)ccnc2[nH]1. The zero-order valence-corrected chi connectivity index (χ0v) is 11.4. The van der Waals surface area contributed by atoms with Crippen molar-refractivity contribution in [2.24, 2.45) is 0 Å². The molecule has 1 aromatic carbocycles. The van der Waals surface area contributed by atoms with E-state index in [1.165, 1.54) is 0 Å². The predicted octanol–water partition coefficient (Wildman–Crippen LogP) is 2.78. The number of rotatable bonds is 4. The molecule has 0 aliphatic carbocycles. The summed E-state index contributed by atoms with van der Waals surface area (Å²) < 4.78 is 10.3. The lowest BCUT2D eigenvalue weighted by atomic mass is 10.1. The Bertz CT molecular complexity index is 720. The van der Waals surface area contributed by atoms with E-state index in [0.717, 1.165) is 33.9 Å². The predicted molar refractivity (Wildman–Crippen MR) is 76.6 cm³/mol. The van der Waals surface area contributed by atoms with E-state index in [2.05, 4.69) is 15.0 Å². The lowest BCUT2D eigenvalue weighted by molar-refractivity contribution is 0.179. The number of benzene rings is 1. The van der Waals surface area contributed by atoms with Gasteiger partial charge < -0.3 is 14.5 Å². The average molecular weight is 269 g/mol. The number of nitrogens with one attached hydrogen (secondary N) is 1. The normalized spacial score (nSPS) is 10.9. The fourth-order valence-electron chi connectivity index (χ4n) is 2.17. The van der Waals surface area contributed by atoms with E-state index in [9.17, 15) is 0 Å². The maximum Gasteiger partial charge on any atom is 0.158 e. The first kappa shape index (κ1) is 12.6. The molecule has 0 aliphatic heterocycles. The molecular weight excluding hydrogens is 254 g/mol. The number of nitrogens with zero attached hydrogens (tertiary/aromatic N) is 2. The van der Waals surface area contributed by atoms with E-state index in [1.807, 2.05) is 30.3 Å². The summed E-state index contributed by atoms with van der Waals surface area (Å²) in [6.45, 7) is 0.443. The minimum absolute atomic E-state index is 0.443. The van der Waals surface area contributed by atoms with Crippen LogP contribution in [0.3, 0.4) is 0 Å². The first-order valence-corrected chi connectivity index (χ1v) is 6.29. The molecule has 0 aliphatic rings. The van der Waals surface area contributed by atoms with Gasteiger partial charge in [-0.15, -0.1) is 0 Å². The lowest BCUT2D eigenvalue weighted by Crippen LogP contribution is -1.88. The van der Waals surface area contributed by atoms with Crippen molar-refractivity contribution in [3.05, 3.63) is 42.4 Å². The molecule has 2 heterocycles. The maximum absolute atomic E-state index is 5.18. The molecule has 0 radical (unpaired) electrons. The van der Waals surface area contributed by atoms with Crippen LogP contribution in [0.1, 0.15) is 5.82 Å². The number of fused-ring (bicyclic) bond motifs is 1. The zero-order chi connectivity index (χ0) is 13.9. The number of pyridine rings is 1. The second kappa shape index (κ2) is 5.30. The van der Waals surface area contributed by atoms with Crippen LogP contribution in [0.25, 0.3) is 22.3 Å². The third-order valence-corrected chi connectivity index (χ3v) is 3.12. The molecule has 0 amide bonds. The van der Waals surface area contributed by atoms with E-state index in [0.29, 0.717) is 6.61 Å². The third kappa shape index (κ3) is 2.23. The van der Waals surface area contributed by atoms with Crippen LogP contribution in [0, 0.1) is 0 Å². The maximum atomic E-state index is 5.18. The molecule has 3 rings (SSSR count). The number of ether oxygens (including phenoxy) is 2. The van der Waals surface area contributed by atoms with Crippen LogP contribution in [0.5, 0.6) is 5.75 Å². The van der Waals surface area contributed by atoms with Crippen molar-refractivity contribution in [2.75, 3.05) is 14.2 Å². The van der Waals surface area contributed by atoms with Gasteiger partial charge in [-0.2, -0.15) is 0 Å². The molecule has 5 heteroatoms. The zero-order valence-electron chi connectivity index (χ0n) is 11.4. The molecule has 0 fully saturated rings. The lowest BCUT2D eigenvalue weighted by Gasteiger charge is -2.04. The fourth-order valence-corrected chi connectivity index (χ4v) is 2.17. The van der Waals surface area contributed by atoms with E-state index in [4.69, 9.17) is 9.47 Å². The van der Waals surface area contributed by atoms with Crippen molar-refractivity contribution >= 4 is 11.2 Å².